The van der Waals surface area contributed by atoms with Gasteiger partial charge in [-0.1, -0.05) is 71.9 Å². The van der Waals surface area contributed by atoms with E-state index >= 15 is 0 Å². The number of aromatic nitrogens is 3. The summed E-state index contributed by atoms with van der Waals surface area (Å²) in [5.41, 5.74) is 5.73. The van der Waals surface area contributed by atoms with E-state index in [1.54, 1.807) is 19.9 Å². The molecule has 2 N–H and O–H groups in total. The van der Waals surface area contributed by atoms with Crippen molar-refractivity contribution in [1.82, 2.24) is 15.0 Å². The molecule has 0 aliphatic rings. The summed E-state index contributed by atoms with van der Waals surface area (Å²) in [6, 6.07) is 29.2. The Balaban J connectivity index is 1.36. The van der Waals surface area contributed by atoms with Crippen LogP contribution < -0.4 is 10.0 Å². The zero-order chi connectivity index (χ0) is 31.3. The van der Waals surface area contributed by atoms with Gasteiger partial charge in [0.1, 0.15) is 11.1 Å². The second kappa shape index (κ2) is 13.1. The maximum absolute atomic E-state index is 13.2. The first-order valence-corrected chi connectivity index (χ1v) is 16.0. The summed E-state index contributed by atoms with van der Waals surface area (Å²) in [5, 5.41) is 12.8. The Kier molecular flexibility index (Phi) is 9.04. The summed E-state index contributed by atoms with van der Waals surface area (Å²) < 4.78 is 27.9. The summed E-state index contributed by atoms with van der Waals surface area (Å²) in [6.07, 6.45) is 1.47. The van der Waals surface area contributed by atoms with E-state index in [9.17, 15) is 18.5 Å². The molecule has 1 atom stereocenters. The fourth-order valence-corrected chi connectivity index (χ4v) is 6.17. The van der Waals surface area contributed by atoms with Crippen molar-refractivity contribution in [2.45, 2.75) is 35.9 Å². The van der Waals surface area contributed by atoms with Crippen LogP contribution in [0.1, 0.15) is 23.7 Å². The number of anilines is 2. The molecule has 3 aromatic carbocycles. The lowest BCUT2D eigenvalue weighted by Crippen LogP contribution is -2.23. The lowest BCUT2D eigenvalue weighted by Gasteiger charge is -2.16. The second-order valence-electron chi connectivity index (χ2n) is 9.98. The molecule has 220 valence electrons. The van der Waals surface area contributed by atoms with Crippen LogP contribution in [0.4, 0.5) is 11.6 Å². The topological polar surface area (TPSA) is 138 Å². The molecule has 5 rings (SSSR count). The van der Waals surface area contributed by atoms with Crippen molar-refractivity contribution in [3.05, 3.63) is 114 Å². The van der Waals surface area contributed by atoms with Gasteiger partial charge in [-0.05, 0) is 62.7 Å². The number of carbonyl (C=O) groups is 1. The molecule has 1 amide bonds. The van der Waals surface area contributed by atoms with Gasteiger partial charge in [0.05, 0.1) is 21.4 Å². The molecule has 1 unspecified atom stereocenters. The second-order valence-corrected chi connectivity index (χ2v) is 13.0. The summed E-state index contributed by atoms with van der Waals surface area (Å²) in [4.78, 5) is 26.0. The monoisotopic (exact) mass is 620 g/mol. The number of carbonyl (C=O) groups excluding carboxylic acids is 1. The Morgan fingerprint density at radius 1 is 0.909 bits per heavy atom. The first-order chi connectivity index (χ1) is 21.1. The highest BCUT2D eigenvalue weighted by Gasteiger charge is 2.22. The molecule has 2 heterocycles. The largest absolute Gasteiger partial charge is 0.325 e. The summed E-state index contributed by atoms with van der Waals surface area (Å²) in [7, 11) is -3.93. The summed E-state index contributed by atoms with van der Waals surface area (Å²) in [5.74, 6) is -0.356. The van der Waals surface area contributed by atoms with Crippen LogP contribution in [0.2, 0.25) is 0 Å². The predicted molar refractivity (Wildman–Crippen MR) is 173 cm³/mol. The van der Waals surface area contributed by atoms with Crippen LogP contribution in [-0.2, 0) is 14.8 Å². The van der Waals surface area contributed by atoms with Gasteiger partial charge in [-0.3, -0.25) is 4.79 Å². The number of benzene rings is 3. The number of nitriles is 1. The van der Waals surface area contributed by atoms with Gasteiger partial charge in [-0.2, -0.15) is 5.26 Å². The Hall–Kier alpha value is -5.05. The molecular weight excluding hydrogens is 593 g/mol. The Labute approximate surface area is 260 Å². The van der Waals surface area contributed by atoms with E-state index in [0.717, 1.165) is 22.3 Å². The number of rotatable bonds is 9. The van der Waals surface area contributed by atoms with Crippen LogP contribution in [0.3, 0.4) is 0 Å². The minimum absolute atomic E-state index is 0.00717. The van der Waals surface area contributed by atoms with Gasteiger partial charge in [0.25, 0.3) is 10.0 Å². The van der Waals surface area contributed by atoms with Gasteiger partial charge in [-0.25, -0.2) is 28.1 Å². The summed E-state index contributed by atoms with van der Waals surface area (Å²) >= 11 is 1.19. The molecule has 2 aromatic heterocycles. The van der Waals surface area contributed by atoms with Crippen molar-refractivity contribution < 1.29 is 13.2 Å². The molecular formula is C33H28N6O3S2. The van der Waals surface area contributed by atoms with Crippen molar-refractivity contribution in [2.24, 2.45) is 0 Å². The van der Waals surface area contributed by atoms with Crippen molar-refractivity contribution >= 4 is 39.3 Å². The third-order valence-corrected chi connectivity index (χ3v) is 9.07. The van der Waals surface area contributed by atoms with Crippen LogP contribution >= 0.6 is 11.8 Å². The van der Waals surface area contributed by atoms with Gasteiger partial charge in [0.2, 0.25) is 11.9 Å². The number of pyridine rings is 1. The highest BCUT2D eigenvalue weighted by atomic mass is 32.2. The van der Waals surface area contributed by atoms with Crippen LogP contribution in [0.25, 0.3) is 22.4 Å². The molecule has 0 bridgehead atoms. The first kappa shape index (κ1) is 30.4. The van der Waals surface area contributed by atoms with Crippen molar-refractivity contribution in [1.29, 1.82) is 5.26 Å². The van der Waals surface area contributed by atoms with E-state index in [1.807, 2.05) is 67.6 Å². The van der Waals surface area contributed by atoms with Crippen molar-refractivity contribution in [3.63, 3.8) is 0 Å². The molecule has 0 spiro atoms. The molecule has 0 saturated heterocycles. The molecule has 0 aliphatic carbocycles. The van der Waals surface area contributed by atoms with Crippen LogP contribution in [0, 0.1) is 25.2 Å². The molecule has 0 radical (unpaired) electrons. The molecule has 0 saturated carbocycles. The summed E-state index contributed by atoms with van der Waals surface area (Å²) in [6.45, 7) is 5.47. The van der Waals surface area contributed by atoms with E-state index in [-0.39, 0.29) is 16.8 Å². The molecule has 11 heteroatoms. The lowest BCUT2D eigenvalue weighted by atomic mass is 9.98. The number of thioether (sulfide) groups is 1. The highest BCUT2D eigenvalue weighted by molar-refractivity contribution is 8.00. The van der Waals surface area contributed by atoms with E-state index in [0.29, 0.717) is 27.7 Å². The number of hydrogen-bond donors (Lipinski definition) is 2. The Morgan fingerprint density at radius 2 is 1.61 bits per heavy atom. The third-order valence-electron chi connectivity index (χ3n) is 6.64. The molecule has 44 heavy (non-hydrogen) atoms. The fourth-order valence-electron chi connectivity index (χ4n) is 4.29. The SMILES string of the molecule is Cc1ccc(-c2cc(-c3ccccc3)nc(SC(C)C(=O)Nc3ccc(S(=O)(=O)Nc4nccc(C)n4)cc3)c2C#N)cc1. The maximum atomic E-state index is 13.2. The van der Waals surface area contributed by atoms with E-state index in [2.05, 4.69) is 26.1 Å². The van der Waals surface area contributed by atoms with Gasteiger partial charge in [0.15, 0.2) is 0 Å². The molecule has 9 nitrogen and oxygen atoms in total. The Morgan fingerprint density at radius 3 is 2.27 bits per heavy atom. The predicted octanol–water partition coefficient (Wildman–Crippen LogP) is 6.61. The molecule has 0 fully saturated rings. The number of nitrogens with zero attached hydrogens (tertiary/aromatic N) is 4. The van der Waals surface area contributed by atoms with Crippen LogP contribution in [0.5, 0.6) is 0 Å². The van der Waals surface area contributed by atoms with Gasteiger partial charge >= 0.3 is 0 Å². The quantitative estimate of drug-likeness (QED) is 0.176. The number of nitrogens with one attached hydrogen (secondary N) is 2. The maximum Gasteiger partial charge on any atom is 0.264 e. The van der Waals surface area contributed by atoms with E-state index in [1.165, 1.54) is 42.2 Å². The van der Waals surface area contributed by atoms with Gasteiger partial charge in [0, 0.05) is 28.7 Å². The van der Waals surface area contributed by atoms with Gasteiger partial charge in [-0.15, -0.1) is 0 Å². The van der Waals surface area contributed by atoms with Crippen LogP contribution in [0.15, 0.2) is 107 Å². The number of sulfonamides is 1. The average molecular weight is 621 g/mol. The van der Waals surface area contributed by atoms with Crippen molar-refractivity contribution in [2.75, 3.05) is 10.0 Å². The highest BCUT2D eigenvalue weighted by Crippen LogP contribution is 2.36. The third kappa shape index (κ3) is 7.11. The number of amides is 1. The average Bonchev–Trinajstić information content (AvgIpc) is 3.01. The standard InChI is InChI=1S/C33H28N6O3S2/c1-21-9-11-24(12-10-21)28-19-30(25-7-5-4-6-8-25)38-32(29(28)20-34)43-23(3)31(40)37-26-13-15-27(16-14-26)44(41,42)39-33-35-18-17-22(2)36-33/h4-19,23H,1-3H3,(H,37,40)(H,35,36,39). The van der Waals surface area contributed by atoms with Crippen molar-refractivity contribution in [3.8, 4) is 28.5 Å². The fraction of sp³-hybridized carbons (Fsp3) is 0.121. The lowest BCUT2D eigenvalue weighted by molar-refractivity contribution is -0.115. The smallest absolute Gasteiger partial charge is 0.264 e. The first-order valence-electron chi connectivity index (χ1n) is 13.6. The zero-order valence-electron chi connectivity index (χ0n) is 24.1. The van der Waals surface area contributed by atoms with Crippen LogP contribution in [-0.4, -0.2) is 34.5 Å². The van der Waals surface area contributed by atoms with E-state index < -0.39 is 15.3 Å². The molecule has 0 aliphatic heterocycles. The minimum Gasteiger partial charge on any atom is -0.325 e. The number of hydrogen-bond acceptors (Lipinski definition) is 8. The minimum atomic E-state index is -3.93. The Bertz CT molecular complexity index is 1960. The zero-order valence-corrected chi connectivity index (χ0v) is 25.8. The normalized spacial score (nSPS) is 11.8. The number of aryl methyl sites for hydroxylation is 2. The molecule has 5 aromatic rings. The van der Waals surface area contributed by atoms with E-state index in [4.69, 9.17) is 4.98 Å². The van der Waals surface area contributed by atoms with Gasteiger partial charge < -0.3 is 5.32 Å².